The number of hydrogen-bond donors (Lipinski definition) is 0. The monoisotopic (exact) mass is 369 g/mol. The number of methoxy groups -OCH3 is 1. The molecule has 0 saturated carbocycles. The lowest BCUT2D eigenvalue weighted by atomic mass is 9.94. The van der Waals surface area contributed by atoms with Crippen molar-refractivity contribution < 1.29 is 22.1 Å². The predicted octanol–water partition coefficient (Wildman–Crippen LogP) is 2.36. The molecule has 25 heavy (non-hydrogen) atoms. The first-order valence-electron chi connectivity index (χ1n) is 8.61. The van der Waals surface area contributed by atoms with E-state index >= 15 is 0 Å². The van der Waals surface area contributed by atoms with Crippen LogP contribution in [0.1, 0.15) is 31.7 Å². The molecule has 0 bridgehead atoms. The molecule has 6 nitrogen and oxygen atoms in total. The van der Waals surface area contributed by atoms with E-state index in [9.17, 15) is 13.2 Å². The SMILES string of the molecule is COC(C)C(=O)N1CCC(CCOS(=O)(=O)c2ccc(C)cc2)CC1. The smallest absolute Gasteiger partial charge is 0.296 e. The van der Waals surface area contributed by atoms with Gasteiger partial charge < -0.3 is 9.64 Å². The van der Waals surface area contributed by atoms with Crippen LogP contribution in [0.5, 0.6) is 0 Å². The summed E-state index contributed by atoms with van der Waals surface area (Å²) in [5.74, 6) is 0.384. The number of carbonyl (C=O) groups excluding carboxylic acids is 1. The number of carbonyl (C=O) groups is 1. The van der Waals surface area contributed by atoms with Gasteiger partial charge in [-0.05, 0) is 51.2 Å². The summed E-state index contributed by atoms with van der Waals surface area (Å²) in [6.45, 7) is 5.19. The number of ether oxygens (including phenoxy) is 1. The summed E-state index contributed by atoms with van der Waals surface area (Å²) < 4.78 is 34.5. The summed E-state index contributed by atoms with van der Waals surface area (Å²) in [6.07, 6.45) is 1.97. The Kier molecular flexibility index (Phi) is 6.98. The predicted molar refractivity (Wildman–Crippen MR) is 94.7 cm³/mol. The third kappa shape index (κ3) is 5.52. The summed E-state index contributed by atoms with van der Waals surface area (Å²) in [7, 11) is -2.17. The van der Waals surface area contributed by atoms with Gasteiger partial charge in [0.05, 0.1) is 11.5 Å². The molecule has 1 unspecified atom stereocenters. The molecule has 1 aliphatic rings. The first kappa shape index (κ1) is 19.9. The molecule has 7 heteroatoms. The first-order chi connectivity index (χ1) is 11.8. The molecule has 0 aliphatic carbocycles. The molecule has 1 fully saturated rings. The lowest BCUT2D eigenvalue weighted by Crippen LogP contribution is -2.43. The van der Waals surface area contributed by atoms with Crippen molar-refractivity contribution in [3.63, 3.8) is 0 Å². The molecular weight excluding hydrogens is 342 g/mol. The number of likely N-dealkylation sites (tertiary alicyclic amines) is 1. The fourth-order valence-electron chi connectivity index (χ4n) is 2.90. The Morgan fingerprint density at radius 2 is 1.84 bits per heavy atom. The van der Waals surface area contributed by atoms with Crippen LogP contribution in [0.2, 0.25) is 0 Å². The largest absolute Gasteiger partial charge is 0.372 e. The second-order valence-electron chi connectivity index (χ2n) is 6.52. The number of aryl methyl sites for hydroxylation is 1. The Bertz CT molecular complexity index is 663. The van der Waals surface area contributed by atoms with E-state index in [0.717, 1.165) is 18.4 Å². The minimum absolute atomic E-state index is 0.0131. The van der Waals surface area contributed by atoms with E-state index in [-0.39, 0.29) is 17.4 Å². The molecule has 140 valence electrons. The van der Waals surface area contributed by atoms with E-state index in [1.54, 1.807) is 31.2 Å². The van der Waals surface area contributed by atoms with Gasteiger partial charge >= 0.3 is 0 Å². The zero-order valence-electron chi connectivity index (χ0n) is 15.1. The molecule has 1 atom stereocenters. The van der Waals surface area contributed by atoms with Gasteiger partial charge in [0.25, 0.3) is 16.0 Å². The maximum atomic E-state index is 12.1. The zero-order valence-corrected chi connectivity index (χ0v) is 15.9. The summed E-state index contributed by atoms with van der Waals surface area (Å²) in [5.41, 5.74) is 1.00. The molecular formula is C18H27NO5S. The van der Waals surface area contributed by atoms with Crippen LogP contribution in [-0.4, -0.2) is 52.1 Å². The number of nitrogens with zero attached hydrogens (tertiary/aromatic N) is 1. The minimum atomic E-state index is -3.70. The zero-order chi connectivity index (χ0) is 18.4. The highest BCUT2D eigenvalue weighted by Crippen LogP contribution is 2.22. The number of rotatable bonds is 7. The number of benzene rings is 1. The van der Waals surface area contributed by atoms with Gasteiger partial charge in [-0.1, -0.05) is 17.7 Å². The average Bonchev–Trinajstić information content (AvgIpc) is 2.61. The van der Waals surface area contributed by atoms with Crippen LogP contribution in [0.15, 0.2) is 29.2 Å². The highest BCUT2D eigenvalue weighted by Gasteiger charge is 2.26. The lowest BCUT2D eigenvalue weighted by Gasteiger charge is -2.33. The Hall–Kier alpha value is -1.44. The first-order valence-corrected chi connectivity index (χ1v) is 10.0. The highest BCUT2D eigenvalue weighted by atomic mass is 32.2. The normalized spacial score (nSPS) is 17.5. The maximum Gasteiger partial charge on any atom is 0.296 e. The van der Waals surface area contributed by atoms with Gasteiger partial charge in [0.15, 0.2) is 0 Å². The van der Waals surface area contributed by atoms with Crippen LogP contribution in [-0.2, 0) is 23.8 Å². The van der Waals surface area contributed by atoms with E-state index in [2.05, 4.69) is 0 Å². The molecule has 0 N–H and O–H groups in total. The fraction of sp³-hybridized carbons (Fsp3) is 0.611. The average molecular weight is 369 g/mol. The Balaban J connectivity index is 1.76. The minimum Gasteiger partial charge on any atom is -0.372 e. The van der Waals surface area contributed by atoms with Crippen molar-refractivity contribution in [1.29, 1.82) is 0 Å². The molecule has 0 radical (unpaired) electrons. The van der Waals surface area contributed by atoms with Crippen molar-refractivity contribution in [2.45, 2.75) is 44.1 Å². The molecule has 1 amide bonds. The Labute approximate surface area is 150 Å². The van der Waals surface area contributed by atoms with E-state index in [1.165, 1.54) is 7.11 Å². The third-order valence-corrected chi connectivity index (χ3v) is 6.03. The second-order valence-corrected chi connectivity index (χ2v) is 8.14. The van der Waals surface area contributed by atoms with Crippen molar-refractivity contribution in [2.75, 3.05) is 26.8 Å². The Morgan fingerprint density at radius 3 is 2.40 bits per heavy atom. The quantitative estimate of drug-likeness (QED) is 0.690. The molecule has 0 aromatic heterocycles. The van der Waals surface area contributed by atoms with Gasteiger partial charge in [-0.15, -0.1) is 0 Å². The molecule has 1 aromatic rings. The van der Waals surface area contributed by atoms with Crippen LogP contribution in [0.3, 0.4) is 0 Å². The van der Waals surface area contributed by atoms with Crippen LogP contribution in [0.4, 0.5) is 0 Å². The van der Waals surface area contributed by atoms with Crippen LogP contribution >= 0.6 is 0 Å². The van der Waals surface area contributed by atoms with E-state index < -0.39 is 16.2 Å². The van der Waals surface area contributed by atoms with Gasteiger partial charge in [-0.2, -0.15) is 8.42 Å². The number of piperidine rings is 1. The van der Waals surface area contributed by atoms with Crippen molar-refractivity contribution in [1.82, 2.24) is 4.90 Å². The summed E-state index contributed by atoms with van der Waals surface area (Å²) >= 11 is 0. The van der Waals surface area contributed by atoms with Gasteiger partial charge in [-0.3, -0.25) is 8.98 Å². The summed E-state index contributed by atoms with van der Waals surface area (Å²) in [6, 6.07) is 6.63. The van der Waals surface area contributed by atoms with Crippen molar-refractivity contribution in [2.24, 2.45) is 5.92 Å². The number of amides is 1. The summed E-state index contributed by atoms with van der Waals surface area (Å²) in [4.78, 5) is 14.1. The van der Waals surface area contributed by atoms with Crippen molar-refractivity contribution in [3.05, 3.63) is 29.8 Å². The summed E-state index contributed by atoms with van der Waals surface area (Å²) in [5, 5.41) is 0. The van der Waals surface area contributed by atoms with Crippen LogP contribution in [0.25, 0.3) is 0 Å². The fourth-order valence-corrected chi connectivity index (χ4v) is 3.82. The van der Waals surface area contributed by atoms with E-state index in [0.29, 0.717) is 25.4 Å². The van der Waals surface area contributed by atoms with Crippen LogP contribution in [0, 0.1) is 12.8 Å². The van der Waals surface area contributed by atoms with Gasteiger partial charge in [-0.25, -0.2) is 0 Å². The van der Waals surface area contributed by atoms with Gasteiger partial charge in [0, 0.05) is 20.2 Å². The Morgan fingerprint density at radius 1 is 1.24 bits per heavy atom. The second kappa shape index (κ2) is 8.78. The highest BCUT2D eigenvalue weighted by molar-refractivity contribution is 7.86. The molecule has 2 rings (SSSR count). The van der Waals surface area contributed by atoms with Crippen molar-refractivity contribution >= 4 is 16.0 Å². The van der Waals surface area contributed by atoms with Gasteiger partial charge in [0.1, 0.15) is 6.10 Å². The molecule has 0 spiro atoms. The van der Waals surface area contributed by atoms with Gasteiger partial charge in [0.2, 0.25) is 0 Å². The third-order valence-electron chi connectivity index (χ3n) is 4.70. The maximum absolute atomic E-state index is 12.1. The standard InChI is InChI=1S/C18H27NO5S/c1-14-4-6-17(7-5-14)25(21,22)24-13-10-16-8-11-19(12-9-16)18(20)15(2)23-3/h4-7,15-16H,8-13H2,1-3H3. The molecule has 1 heterocycles. The molecule has 1 aliphatic heterocycles. The van der Waals surface area contributed by atoms with E-state index in [1.807, 2.05) is 11.8 Å². The molecule has 1 aromatic carbocycles. The molecule has 1 saturated heterocycles. The topological polar surface area (TPSA) is 72.9 Å². The number of hydrogen-bond acceptors (Lipinski definition) is 5. The van der Waals surface area contributed by atoms with Crippen LogP contribution < -0.4 is 0 Å². The lowest BCUT2D eigenvalue weighted by molar-refractivity contribution is -0.142. The van der Waals surface area contributed by atoms with Crippen molar-refractivity contribution in [3.8, 4) is 0 Å². The van der Waals surface area contributed by atoms with E-state index in [4.69, 9.17) is 8.92 Å².